The highest BCUT2D eigenvalue weighted by Gasteiger charge is 2.19. The summed E-state index contributed by atoms with van der Waals surface area (Å²) in [6.07, 6.45) is 0.899. The van der Waals surface area contributed by atoms with Crippen LogP contribution in [0.15, 0.2) is 11.4 Å². The van der Waals surface area contributed by atoms with Crippen molar-refractivity contribution in [1.29, 1.82) is 0 Å². The Morgan fingerprint density at radius 1 is 1.56 bits per heavy atom. The normalized spacial score (nSPS) is 13.9. The first-order valence-electron chi connectivity index (χ1n) is 5.15. The zero-order valence-electron chi connectivity index (χ0n) is 9.43. The molecule has 0 radical (unpaired) electrons. The zero-order chi connectivity index (χ0) is 12.2. The number of hydrogen-bond acceptors (Lipinski definition) is 4. The van der Waals surface area contributed by atoms with E-state index in [0.717, 1.165) is 11.3 Å². The predicted octanol–water partition coefficient (Wildman–Crippen LogP) is 1.11. The van der Waals surface area contributed by atoms with Crippen molar-refractivity contribution in [3.63, 3.8) is 0 Å². The van der Waals surface area contributed by atoms with E-state index in [1.54, 1.807) is 11.3 Å². The first-order valence-corrected chi connectivity index (χ1v) is 7.58. The van der Waals surface area contributed by atoms with Crippen molar-refractivity contribution in [1.82, 2.24) is 4.72 Å². The fraction of sp³-hybridized carbons (Fsp3) is 0.600. The van der Waals surface area contributed by atoms with E-state index in [4.69, 9.17) is 5.11 Å². The highest BCUT2D eigenvalue weighted by molar-refractivity contribution is 7.90. The lowest BCUT2D eigenvalue weighted by Crippen LogP contribution is -2.34. The van der Waals surface area contributed by atoms with E-state index >= 15 is 0 Å². The van der Waals surface area contributed by atoms with Crippen molar-refractivity contribution in [2.45, 2.75) is 32.1 Å². The van der Waals surface area contributed by atoms with Gasteiger partial charge in [-0.2, -0.15) is 0 Å². The first kappa shape index (κ1) is 13.6. The third-order valence-corrected chi connectivity index (χ3v) is 5.16. The number of thiophene rings is 1. The number of aliphatic hydroxyl groups excluding tert-OH is 1. The van der Waals surface area contributed by atoms with Crippen molar-refractivity contribution >= 4 is 21.4 Å². The molecule has 0 aliphatic rings. The molecule has 1 heterocycles. The fourth-order valence-electron chi connectivity index (χ4n) is 1.24. The molecule has 1 unspecified atom stereocenters. The SMILES string of the molecule is CCc1ccsc1CNS(=O)(=O)C(C)CO. The van der Waals surface area contributed by atoms with E-state index in [-0.39, 0.29) is 6.61 Å². The smallest absolute Gasteiger partial charge is 0.216 e. The molecule has 0 saturated carbocycles. The van der Waals surface area contributed by atoms with E-state index in [1.165, 1.54) is 12.5 Å². The van der Waals surface area contributed by atoms with Crippen LogP contribution in [0.2, 0.25) is 0 Å². The molecule has 0 bridgehead atoms. The molecule has 0 aliphatic heterocycles. The van der Waals surface area contributed by atoms with Crippen LogP contribution < -0.4 is 4.72 Å². The van der Waals surface area contributed by atoms with Gasteiger partial charge in [-0.15, -0.1) is 11.3 Å². The van der Waals surface area contributed by atoms with Gasteiger partial charge in [-0.1, -0.05) is 6.92 Å². The maximum atomic E-state index is 11.6. The molecule has 0 aromatic carbocycles. The van der Waals surface area contributed by atoms with E-state index in [0.29, 0.717) is 6.54 Å². The number of aliphatic hydroxyl groups is 1. The predicted molar refractivity (Wildman–Crippen MR) is 66.0 cm³/mol. The van der Waals surface area contributed by atoms with E-state index < -0.39 is 15.3 Å². The molecule has 1 rings (SSSR count). The molecule has 0 spiro atoms. The minimum absolute atomic E-state index is 0.313. The molecule has 0 amide bonds. The van der Waals surface area contributed by atoms with Gasteiger partial charge in [-0.3, -0.25) is 0 Å². The Balaban J connectivity index is 2.65. The Morgan fingerprint density at radius 2 is 2.25 bits per heavy atom. The molecule has 0 saturated heterocycles. The van der Waals surface area contributed by atoms with Crippen LogP contribution in [-0.4, -0.2) is 25.4 Å². The molecule has 1 aromatic rings. The highest BCUT2D eigenvalue weighted by atomic mass is 32.2. The standard InChI is InChI=1S/C10H17NO3S2/c1-3-9-4-5-15-10(9)6-11-16(13,14)8(2)7-12/h4-5,8,11-12H,3,6-7H2,1-2H3. The Labute approximate surface area is 100 Å². The van der Waals surface area contributed by atoms with Crippen molar-refractivity contribution in [3.05, 3.63) is 21.9 Å². The van der Waals surface area contributed by atoms with Gasteiger partial charge in [0.05, 0.1) is 11.9 Å². The van der Waals surface area contributed by atoms with Crippen LogP contribution >= 0.6 is 11.3 Å². The second-order valence-corrected chi connectivity index (χ2v) is 6.77. The fourth-order valence-corrected chi connectivity index (χ4v) is 3.08. The van der Waals surface area contributed by atoms with Gasteiger partial charge in [-0.05, 0) is 30.4 Å². The summed E-state index contributed by atoms with van der Waals surface area (Å²) in [5.74, 6) is 0. The average molecular weight is 263 g/mol. The van der Waals surface area contributed by atoms with E-state index in [1.807, 2.05) is 18.4 Å². The van der Waals surface area contributed by atoms with Gasteiger partial charge in [-0.25, -0.2) is 13.1 Å². The Kier molecular flexibility index (Phi) is 4.91. The lowest BCUT2D eigenvalue weighted by atomic mass is 10.2. The van der Waals surface area contributed by atoms with Crippen LogP contribution in [0.25, 0.3) is 0 Å². The van der Waals surface area contributed by atoms with Crippen LogP contribution in [0.1, 0.15) is 24.3 Å². The van der Waals surface area contributed by atoms with Gasteiger partial charge in [0.15, 0.2) is 0 Å². The van der Waals surface area contributed by atoms with Crippen molar-refractivity contribution in [2.24, 2.45) is 0 Å². The van der Waals surface area contributed by atoms with Gasteiger partial charge in [0, 0.05) is 11.4 Å². The van der Waals surface area contributed by atoms with Crippen molar-refractivity contribution in [3.8, 4) is 0 Å². The molecule has 1 atom stereocenters. The summed E-state index contributed by atoms with van der Waals surface area (Å²) in [5, 5.41) is 10.0. The van der Waals surface area contributed by atoms with Gasteiger partial charge in [0.2, 0.25) is 10.0 Å². The molecule has 2 N–H and O–H groups in total. The number of hydrogen-bond donors (Lipinski definition) is 2. The third kappa shape index (κ3) is 3.28. The topological polar surface area (TPSA) is 66.4 Å². The number of nitrogens with one attached hydrogen (secondary N) is 1. The summed E-state index contributed by atoms with van der Waals surface area (Å²) in [6.45, 7) is 3.47. The largest absolute Gasteiger partial charge is 0.395 e. The highest BCUT2D eigenvalue weighted by Crippen LogP contribution is 2.17. The Hall–Kier alpha value is -0.430. The number of sulfonamides is 1. The van der Waals surface area contributed by atoms with Crippen LogP contribution in [0, 0.1) is 0 Å². The molecule has 0 aliphatic carbocycles. The summed E-state index contributed by atoms with van der Waals surface area (Å²) in [5.41, 5.74) is 1.17. The molecular formula is C10H17NO3S2. The maximum absolute atomic E-state index is 11.6. The zero-order valence-corrected chi connectivity index (χ0v) is 11.1. The van der Waals surface area contributed by atoms with Crippen molar-refractivity contribution < 1.29 is 13.5 Å². The molecule has 16 heavy (non-hydrogen) atoms. The monoisotopic (exact) mass is 263 g/mol. The van der Waals surface area contributed by atoms with Crippen LogP contribution in [0.5, 0.6) is 0 Å². The van der Waals surface area contributed by atoms with E-state index in [2.05, 4.69) is 4.72 Å². The number of rotatable bonds is 6. The molecular weight excluding hydrogens is 246 g/mol. The summed E-state index contributed by atoms with van der Waals surface area (Å²) in [7, 11) is -3.40. The minimum atomic E-state index is -3.40. The Morgan fingerprint density at radius 3 is 2.81 bits per heavy atom. The van der Waals surface area contributed by atoms with E-state index in [9.17, 15) is 8.42 Å². The van der Waals surface area contributed by atoms with Gasteiger partial charge >= 0.3 is 0 Å². The lowest BCUT2D eigenvalue weighted by molar-refractivity contribution is 0.295. The quantitative estimate of drug-likeness (QED) is 0.808. The van der Waals surface area contributed by atoms with Gasteiger partial charge < -0.3 is 5.11 Å². The van der Waals surface area contributed by atoms with Crippen LogP contribution in [0.3, 0.4) is 0 Å². The van der Waals surface area contributed by atoms with Crippen LogP contribution in [0.4, 0.5) is 0 Å². The van der Waals surface area contributed by atoms with Crippen molar-refractivity contribution in [2.75, 3.05) is 6.61 Å². The first-order chi connectivity index (χ1) is 7.51. The van der Waals surface area contributed by atoms with Gasteiger partial charge in [0.25, 0.3) is 0 Å². The molecule has 4 nitrogen and oxygen atoms in total. The molecule has 92 valence electrons. The maximum Gasteiger partial charge on any atom is 0.216 e. The summed E-state index contributed by atoms with van der Waals surface area (Å²) >= 11 is 1.54. The molecule has 1 aromatic heterocycles. The summed E-state index contributed by atoms with van der Waals surface area (Å²) in [6, 6.07) is 2.00. The third-order valence-electron chi connectivity index (χ3n) is 2.44. The summed E-state index contributed by atoms with van der Waals surface area (Å²) in [4.78, 5) is 1.04. The second kappa shape index (κ2) is 5.77. The lowest BCUT2D eigenvalue weighted by Gasteiger charge is -2.11. The Bertz CT molecular complexity index is 425. The van der Waals surface area contributed by atoms with Gasteiger partial charge in [0.1, 0.15) is 0 Å². The van der Waals surface area contributed by atoms with Crippen LogP contribution in [-0.2, 0) is 23.0 Å². The minimum Gasteiger partial charge on any atom is -0.395 e. The summed E-state index contributed by atoms with van der Waals surface area (Å²) < 4.78 is 25.7. The second-order valence-electron chi connectivity index (χ2n) is 3.58. The average Bonchev–Trinajstić information content (AvgIpc) is 2.72. The number of aryl methyl sites for hydroxylation is 1. The molecule has 0 fully saturated rings. The molecule has 6 heteroatoms.